The molecule has 1 nitrogen and oxygen atoms in total. The highest BCUT2D eigenvalue weighted by Gasteiger charge is 2.04. The van der Waals surface area contributed by atoms with Crippen molar-refractivity contribution in [1.29, 1.82) is 0 Å². The van der Waals surface area contributed by atoms with Crippen LogP contribution in [0.1, 0.15) is 6.92 Å². The van der Waals surface area contributed by atoms with E-state index in [9.17, 15) is 0 Å². The van der Waals surface area contributed by atoms with E-state index in [1.807, 2.05) is 18.4 Å². The van der Waals surface area contributed by atoms with Gasteiger partial charge in [-0.25, -0.2) is 0 Å². The largest absolute Gasteiger partial charge is 0.315 e. The van der Waals surface area contributed by atoms with E-state index in [0.29, 0.717) is 12.5 Å². The van der Waals surface area contributed by atoms with Crippen LogP contribution in [0.5, 0.6) is 0 Å². The Morgan fingerprint density at radius 2 is 2.25 bits per heavy atom. The molecular formula is C10H16OS. The standard InChI is InChI=1S/C10H16OS/c1-5-7-10(6-2)9(3)8-11-12-4/h5-7,9H,1-2,8H2,3-4H3/b10-7+. The third kappa shape index (κ3) is 4.42. The lowest BCUT2D eigenvalue weighted by atomic mass is 10.0. The fraction of sp³-hybridized carbons (Fsp3) is 0.400. The van der Waals surface area contributed by atoms with E-state index < -0.39 is 0 Å². The van der Waals surface area contributed by atoms with E-state index in [1.165, 1.54) is 17.6 Å². The second-order valence-electron chi connectivity index (χ2n) is 2.46. The third-order valence-electron chi connectivity index (χ3n) is 1.55. The maximum absolute atomic E-state index is 5.22. The first-order valence-corrected chi connectivity index (χ1v) is 5.01. The number of hydrogen-bond donors (Lipinski definition) is 0. The summed E-state index contributed by atoms with van der Waals surface area (Å²) in [6, 6.07) is 0. The summed E-state index contributed by atoms with van der Waals surface area (Å²) < 4.78 is 5.22. The summed E-state index contributed by atoms with van der Waals surface area (Å²) in [5.74, 6) is 0.382. The van der Waals surface area contributed by atoms with Gasteiger partial charge in [0.2, 0.25) is 0 Å². The maximum Gasteiger partial charge on any atom is 0.0679 e. The lowest BCUT2D eigenvalue weighted by Crippen LogP contribution is -2.04. The van der Waals surface area contributed by atoms with Gasteiger partial charge in [0.05, 0.1) is 6.61 Å². The second kappa shape index (κ2) is 7.19. The Morgan fingerprint density at radius 3 is 2.67 bits per heavy atom. The summed E-state index contributed by atoms with van der Waals surface area (Å²) in [5.41, 5.74) is 1.17. The summed E-state index contributed by atoms with van der Waals surface area (Å²) in [7, 11) is 0. The molecule has 0 aliphatic rings. The highest BCUT2D eigenvalue weighted by atomic mass is 32.2. The maximum atomic E-state index is 5.22. The van der Waals surface area contributed by atoms with Crippen LogP contribution >= 0.6 is 12.0 Å². The Kier molecular flexibility index (Phi) is 6.91. The predicted octanol–water partition coefficient (Wildman–Crippen LogP) is 3.22. The first-order valence-electron chi connectivity index (χ1n) is 3.87. The molecule has 0 saturated carbocycles. The van der Waals surface area contributed by atoms with Crippen LogP contribution in [0.15, 0.2) is 37.0 Å². The van der Waals surface area contributed by atoms with Gasteiger partial charge in [0, 0.05) is 12.2 Å². The summed E-state index contributed by atoms with van der Waals surface area (Å²) in [4.78, 5) is 0. The number of allylic oxidation sites excluding steroid dienone is 3. The zero-order chi connectivity index (χ0) is 9.40. The van der Waals surface area contributed by atoms with Crippen molar-refractivity contribution >= 4 is 12.0 Å². The van der Waals surface area contributed by atoms with Gasteiger partial charge in [-0.15, -0.1) is 0 Å². The van der Waals surface area contributed by atoms with Crippen molar-refractivity contribution in [3.05, 3.63) is 37.0 Å². The lowest BCUT2D eigenvalue weighted by Gasteiger charge is -2.10. The van der Waals surface area contributed by atoms with Crippen LogP contribution in [0.4, 0.5) is 0 Å². The molecule has 12 heavy (non-hydrogen) atoms. The molecule has 0 radical (unpaired) electrons. The lowest BCUT2D eigenvalue weighted by molar-refractivity contribution is 0.329. The molecule has 0 amide bonds. The summed E-state index contributed by atoms with van der Waals surface area (Å²) in [6.45, 7) is 10.2. The van der Waals surface area contributed by atoms with E-state index in [-0.39, 0.29) is 0 Å². The van der Waals surface area contributed by atoms with E-state index in [4.69, 9.17) is 4.18 Å². The van der Waals surface area contributed by atoms with Crippen LogP contribution in [0.2, 0.25) is 0 Å². The molecule has 0 saturated heterocycles. The predicted molar refractivity (Wildman–Crippen MR) is 57.1 cm³/mol. The van der Waals surface area contributed by atoms with Crippen LogP contribution in [0.3, 0.4) is 0 Å². The Hall–Kier alpha value is -0.470. The molecule has 0 spiro atoms. The quantitative estimate of drug-likeness (QED) is 0.463. The van der Waals surface area contributed by atoms with Crippen molar-refractivity contribution < 1.29 is 4.18 Å². The van der Waals surface area contributed by atoms with E-state index in [1.54, 1.807) is 6.08 Å². The van der Waals surface area contributed by atoms with Crippen molar-refractivity contribution in [2.45, 2.75) is 6.92 Å². The van der Waals surface area contributed by atoms with Gasteiger partial charge in [0.15, 0.2) is 0 Å². The minimum absolute atomic E-state index is 0.382. The van der Waals surface area contributed by atoms with Crippen LogP contribution in [0, 0.1) is 5.92 Å². The molecule has 0 heterocycles. The van der Waals surface area contributed by atoms with Crippen LogP contribution < -0.4 is 0 Å². The average molecular weight is 184 g/mol. The van der Waals surface area contributed by atoms with Gasteiger partial charge >= 0.3 is 0 Å². The number of rotatable bonds is 6. The van der Waals surface area contributed by atoms with Crippen LogP contribution in [-0.4, -0.2) is 12.9 Å². The zero-order valence-corrected chi connectivity index (χ0v) is 8.56. The highest BCUT2D eigenvalue weighted by molar-refractivity contribution is 7.93. The first-order chi connectivity index (χ1) is 5.76. The molecule has 0 aromatic rings. The summed E-state index contributed by atoms with van der Waals surface area (Å²) in [5, 5.41) is 0. The van der Waals surface area contributed by atoms with Gasteiger partial charge in [-0.2, -0.15) is 0 Å². The minimum atomic E-state index is 0.382. The molecule has 0 N–H and O–H groups in total. The summed E-state index contributed by atoms with van der Waals surface area (Å²) in [6.07, 6.45) is 7.49. The molecule has 0 aliphatic heterocycles. The Morgan fingerprint density at radius 1 is 1.58 bits per heavy atom. The molecule has 0 bridgehead atoms. The Labute approximate surface area is 79.4 Å². The number of hydrogen-bond acceptors (Lipinski definition) is 2. The van der Waals surface area contributed by atoms with Gasteiger partial charge in [0.1, 0.15) is 0 Å². The van der Waals surface area contributed by atoms with Gasteiger partial charge in [0.25, 0.3) is 0 Å². The molecule has 0 fully saturated rings. The van der Waals surface area contributed by atoms with E-state index in [0.717, 1.165) is 0 Å². The SMILES string of the molecule is C=C/C=C(\C=C)C(C)COSC. The van der Waals surface area contributed by atoms with Crippen molar-refractivity contribution in [3.8, 4) is 0 Å². The van der Waals surface area contributed by atoms with Gasteiger partial charge in [-0.3, -0.25) is 0 Å². The first kappa shape index (κ1) is 11.5. The molecule has 0 aromatic heterocycles. The topological polar surface area (TPSA) is 9.23 Å². The molecule has 1 unspecified atom stereocenters. The van der Waals surface area contributed by atoms with Gasteiger partial charge < -0.3 is 4.18 Å². The van der Waals surface area contributed by atoms with Gasteiger partial charge in [-0.05, 0) is 17.6 Å². The Balaban J connectivity index is 4.02. The second-order valence-corrected chi connectivity index (χ2v) is 3.03. The molecule has 68 valence electrons. The fourth-order valence-corrected chi connectivity index (χ4v) is 1.18. The normalized spacial score (nSPS) is 14.0. The Bertz CT molecular complexity index is 173. The highest BCUT2D eigenvalue weighted by Crippen LogP contribution is 2.13. The summed E-state index contributed by atoms with van der Waals surface area (Å²) >= 11 is 1.39. The molecular weight excluding hydrogens is 168 g/mol. The molecule has 0 aromatic carbocycles. The average Bonchev–Trinajstić information content (AvgIpc) is 2.10. The van der Waals surface area contributed by atoms with E-state index in [2.05, 4.69) is 20.1 Å². The minimum Gasteiger partial charge on any atom is -0.315 e. The van der Waals surface area contributed by atoms with Crippen molar-refractivity contribution in [2.24, 2.45) is 5.92 Å². The molecule has 0 rings (SSSR count). The molecule has 2 heteroatoms. The monoisotopic (exact) mass is 184 g/mol. The molecule has 0 aliphatic carbocycles. The van der Waals surface area contributed by atoms with E-state index >= 15 is 0 Å². The van der Waals surface area contributed by atoms with Crippen LogP contribution in [0.25, 0.3) is 0 Å². The fourth-order valence-electron chi connectivity index (χ4n) is 0.836. The zero-order valence-electron chi connectivity index (χ0n) is 7.75. The smallest absolute Gasteiger partial charge is 0.0679 e. The van der Waals surface area contributed by atoms with Crippen molar-refractivity contribution in [2.75, 3.05) is 12.9 Å². The van der Waals surface area contributed by atoms with Crippen molar-refractivity contribution in [3.63, 3.8) is 0 Å². The van der Waals surface area contributed by atoms with Gasteiger partial charge in [-0.1, -0.05) is 38.3 Å². The van der Waals surface area contributed by atoms with Crippen LogP contribution in [-0.2, 0) is 4.18 Å². The molecule has 1 atom stereocenters. The third-order valence-corrected chi connectivity index (χ3v) is 1.92. The van der Waals surface area contributed by atoms with Crippen molar-refractivity contribution in [1.82, 2.24) is 0 Å².